The van der Waals surface area contributed by atoms with Crippen LogP contribution >= 0.6 is 0 Å². The molecule has 2 aromatic heterocycles. The van der Waals surface area contributed by atoms with E-state index in [4.69, 9.17) is 18.3 Å². The van der Waals surface area contributed by atoms with E-state index in [2.05, 4.69) is 19.7 Å². The van der Waals surface area contributed by atoms with E-state index < -0.39 is 38.7 Å². The largest absolute Gasteiger partial charge is 0.506 e. The van der Waals surface area contributed by atoms with Gasteiger partial charge in [-0.3, -0.25) is 0 Å². The summed E-state index contributed by atoms with van der Waals surface area (Å²) < 4.78 is 25.4. The Morgan fingerprint density at radius 2 is 1.08 bits per heavy atom. The predicted molar refractivity (Wildman–Crippen MR) is 203 cm³/mol. The Morgan fingerprint density at radius 1 is 0.647 bits per heavy atom. The molecule has 4 aromatic rings. The first kappa shape index (κ1) is 35.6. The molecular formula is C43H46O8. The first-order valence-corrected chi connectivity index (χ1v) is 17.0. The van der Waals surface area contributed by atoms with Gasteiger partial charge in [-0.05, 0) is 52.0 Å². The second-order valence-electron chi connectivity index (χ2n) is 16.2. The molecule has 2 aliphatic heterocycles. The Labute approximate surface area is 297 Å². The SMILES string of the molecule is C=CC(C)(C)c1cc2c(O)c3c(c(C(C)(C)C=C)c2oc1=O)OC(C)(C)C(C1=Cc2c(c(C(C)(C)C=C)c4oc(=O)ccc4c2O)OC1(C)C)=C3. The fraction of sp³-hybridized carbons (Fsp3) is 0.349. The number of hydrogen-bond donors (Lipinski definition) is 2. The molecule has 0 aliphatic carbocycles. The van der Waals surface area contributed by atoms with Crippen molar-refractivity contribution in [3.05, 3.63) is 116 Å². The van der Waals surface area contributed by atoms with Crippen LogP contribution in [0.1, 0.15) is 97.1 Å². The third-order valence-corrected chi connectivity index (χ3v) is 10.6. The molecule has 2 aliphatic rings. The number of rotatable bonds is 7. The Morgan fingerprint density at radius 3 is 1.53 bits per heavy atom. The third-order valence-electron chi connectivity index (χ3n) is 10.6. The standard InChI is InChI=1S/C43H46O8/c1-14-39(4,5)28-21-23-33(46)25-20-27(43(12,13)51-37(25)31(41(8,9)16-3)35(23)49-38(28)47)26-19-24-32(45)22-17-18-29(44)48-34(22)30(40(6,7)15-2)36(24)50-42(26,10)11/h14-21,45-46H,1-3H2,4-13H3. The molecular weight excluding hydrogens is 644 g/mol. The van der Waals surface area contributed by atoms with E-state index in [1.54, 1.807) is 30.4 Å². The summed E-state index contributed by atoms with van der Waals surface area (Å²) in [5.41, 5.74) is -1.17. The highest BCUT2D eigenvalue weighted by atomic mass is 16.5. The molecule has 6 rings (SSSR count). The first-order chi connectivity index (χ1) is 23.5. The van der Waals surface area contributed by atoms with Gasteiger partial charge in [-0.2, -0.15) is 0 Å². The van der Waals surface area contributed by atoms with Crippen molar-refractivity contribution in [2.45, 2.75) is 96.7 Å². The van der Waals surface area contributed by atoms with Crippen molar-refractivity contribution >= 4 is 34.1 Å². The van der Waals surface area contributed by atoms with Crippen LogP contribution in [0.25, 0.3) is 34.1 Å². The molecule has 51 heavy (non-hydrogen) atoms. The average molecular weight is 691 g/mol. The quantitative estimate of drug-likeness (QED) is 0.145. The second-order valence-corrected chi connectivity index (χ2v) is 16.2. The molecule has 4 heterocycles. The van der Waals surface area contributed by atoms with Gasteiger partial charge in [0.1, 0.15) is 45.4 Å². The van der Waals surface area contributed by atoms with Gasteiger partial charge in [0.15, 0.2) is 0 Å². The summed E-state index contributed by atoms with van der Waals surface area (Å²) in [7, 11) is 0. The highest BCUT2D eigenvalue weighted by molar-refractivity contribution is 5.98. The zero-order valence-corrected chi connectivity index (χ0v) is 31.1. The van der Waals surface area contributed by atoms with Crippen molar-refractivity contribution in [2.24, 2.45) is 0 Å². The minimum Gasteiger partial charge on any atom is -0.506 e. The summed E-state index contributed by atoms with van der Waals surface area (Å²) in [6.07, 6.45) is 8.93. The predicted octanol–water partition coefficient (Wildman–Crippen LogP) is 9.51. The van der Waals surface area contributed by atoms with Crippen molar-refractivity contribution in [2.75, 3.05) is 0 Å². The summed E-state index contributed by atoms with van der Waals surface area (Å²) in [4.78, 5) is 25.8. The Kier molecular flexibility index (Phi) is 7.76. The van der Waals surface area contributed by atoms with Crippen LogP contribution in [-0.2, 0) is 16.2 Å². The van der Waals surface area contributed by atoms with E-state index in [0.29, 0.717) is 61.2 Å². The fourth-order valence-corrected chi connectivity index (χ4v) is 7.08. The van der Waals surface area contributed by atoms with Gasteiger partial charge in [0, 0.05) is 50.1 Å². The van der Waals surface area contributed by atoms with Gasteiger partial charge in [-0.15, -0.1) is 19.7 Å². The number of ether oxygens (including phenoxy) is 2. The van der Waals surface area contributed by atoms with Crippen molar-refractivity contribution in [3.63, 3.8) is 0 Å². The number of aromatic hydroxyl groups is 2. The van der Waals surface area contributed by atoms with Gasteiger partial charge in [-0.25, -0.2) is 9.59 Å². The van der Waals surface area contributed by atoms with Crippen LogP contribution in [0.4, 0.5) is 0 Å². The zero-order valence-electron chi connectivity index (χ0n) is 31.1. The summed E-state index contributed by atoms with van der Waals surface area (Å²) in [6, 6.07) is 4.48. The monoisotopic (exact) mass is 690 g/mol. The maximum atomic E-state index is 13.4. The highest BCUT2D eigenvalue weighted by Crippen LogP contribution is 2.56. The summed E-state index contributed by atoms with van der Waals surface area (Å²) in [5.74, 6) is 0.523. The lowest BCUT2D eigenvalue weighted by Gasteiger charge is -2.44. The van der Waals surface area contributed by atoms with Gasteiger partial charge in [0.25, 0.3) is 0 Å². The highest BCUT2D eigenvalue weighted by Gasteiger charge is 2.46. The lowest BCUT2D eigenvalue weighted by molar-refractivity contribution is 0.116. The van der Waals surface area contributed by atoms with Crippen molar-refractivity contribution in [1.82, 2.24) is 0 Å². The van der Waals surface area contributed by atoms with Crippen molar-refractivity contribution in [1.29, 1.82) is 0 Å². The number of phenols is 2. The maximum Gasteiger partial charge on any atom is 0.340 e. The van der Waals surface area contributed by atoms with E-state index in [1.807, 2.05) is 81.4 Å². The van der Waals surface area contributed by atoms with Gasteiger partial charge < -0.3 is 28.5 Å². The molecule has 0 saturated carbocycles. The van der Waals surface area contributed by atoms with E-state index in [9.17, 15) is 19.8 Å². The topological polar surface area (TPSA) is 119 Å². The van der Waals surface area contributed by atoms with Crippen LogP contribution < -0.4 is 20.7 Å². The van der Waals surface area contributed by atoms with Crippen LogP contribution in [0.2, 0.25) is 0 Å². The molecule has 8 heteroatoms. The number of benzene rings is 2. The molecule has 8 nitrogen and oxygen atoms in total. The number of phenolic OH excluding ortho intramolecular Hbond substituents is 2. The second kappa shape index (κ2) is 11.1. The lowest BCUT2D eigenvalue weighted by Crippen LogP contribution is -2.43. The molecule has 0 atom stereocenters. The molecule has 0 unspecified atom stereocenters. The van der Waals surface area contributed by atoms with Gasteiger partial charge in [0.2, 0.25) is 0 Å². The molecule has 0 fully saturated rings. The molecule has 0 radical (unpaired) electrons. The maximum absolute atomic E-state index is 13.4. The van der Waals surface area contributed by atoms with Gasteiger partial charge in [0.05, 0.1) is 21.9 Å². The average Bonchev–Trinajstić information content (AvgIpc) is 3.03. The number of allylic oxidation sites excluding steroid dienone is 3. The Hall–Kier alpha value is -5.24. The van der Waals surface area contributed by atoms with Crippen LogP contribution in [0.3, 0.4) is 0 Å². The smallest absolute Gasteiger partial charge is 0.340 e. The fourth-order valence-electron chi connectivity index (χ4n) is 7.08. The van der Waals surface area contributed by atoms with Crippen LogP contribution in [0.15, 0.2) is 85.7 Å². The van der Waals surface area contributed by atoms with Gasteiger partial charge >= 0.3 is 11.3 Å². The normalized spacial score (nSPS) is 16.7. The molecule has 0 amide bonds. The molecule has 2 N–H and O–H groups in total. The summed E-state index contributed by atoms with van der Waals surface area (Å²) in [5, 5.41) is 24.5. The molecule has 0 saturated heterocycles. The summed E-state index contributed by atoms with van der Waals surface area (Å²) in [6.45, 7) is 31.1. The van der Waals surface area contributed by atoms with E-state index in [1.165, 1.54) is 6.07 Å². The van der Waals surface area contributed by atoms with Crippen molar-refractivity contribution < 1.29 is 28.5 Å². The van der Waals surface area contributed by atoms with Crippen LogP contribution in [0, 0.1) is 0 Å². The van der Waals surface area contributed by atoms with Gasteiger partial charge in [-0.1, -0.05) is 59.8 Å². The minimum atomic E-state index is -1.02. The molecule has 0 bridgehead atoms. The molecule has 0 spiro atoms. The first-order valence-electron chi connectivity index (χ1n) is 17.0. The van der Waals surface area contributed by atoms with Crippen LogP contribution in [-0.4, -0.2) is 21.4 Å². The van der Waals surface area contributed by atoms with Crippen LogP contribution in [0.5, 0.6) is 23.0 Å². The number of hydrogen-bond acceptors (Lipinski definition) is 8. The third kappa shape index (κ3) is 5.26. The number of fused-ring (bicyclic) bond motifs is 4. The van der Waals surface area contributed by atoms with E-state index in [0.717, 1.165) is 0 Å². The van der Waals surface area contributed by atoms with E-state index in [-0.39, 0.29) is 22.7 Å². The lowest BCUT2D eigenvalue weighted by atomic mass is 9.74. The molecule has 2 aromatic carbocycles. The van der Waals surface area contributed by atoms with E-state index >= 15 is 0 Å². The zero-order chi connectivity index (χ0) is 37.8. The minimum absolute atomic E-state index is 0.104. The Bertz CT molecular complexity index is 2400. The molecule has 266 valence electrons. The summed E-state index contributed by atoms with van der Waals surface area (Å²) >= 11 is 0. The Balaban J connectivity index is 1.73. The van der Waals surface area contributed by atoms with Crippen molar-refractivity contribution in [3.8, 4) is 23.0 Å².